The molecule has 0 saturated carbocycles. The Labute approximate surface area is 101 Å². The highest BCUT2D eigenvalue weighted by Gasteiger charge is 2.14. The first-order valence-electron chi connectivity index (χ1n) is 6.10. The predicted molar refractivity (Wildman–Crippen MR) is 66.5 cm³/mol. The van der Waals surface area contributed by atoms with Crippen LogP contribution in [0.15, 0.2) is 36.7 Å². The van der Waals surface area contributed by atoms with Gasteiger partial charge < -0.3 is 5.32 Å². The molecule has 0 aromatic carbocycles. The van der Waals surface area contributed by atoms with Gasteiger partial charge in [-0.05, 0) is 37.6 Å². The van der Waals surface area contributed by atoms with E-state index in [1.54, 1.807) is 6.20 Å². The van der Waals surface area contributed by atoms with E-state index in [1.165, 1.54) is 12.8 Å². The molecule has 1 aliphatic rings. The first kappa shape index (κ1) is 10.5. The van der Waals surface area contributed by atoms with E-state index in [-0.39, 0.29) is 0 Å². The molecule has 3 rings (SSSR count). The zero-order valence-corrected chi connectivity index (χ0v) is 9.71. The van der Waals surface area contributed by atoms with Crippen LogP contribution in [0.3, 0.4) is 0 Å². The van der Waals surface area contributed by atoms with Gasteiger partial charge in [-0.15, -0.1) is 0 Å². The number of nitrogens with one attached hydrogen (secondary N) is 1. The van der Waals surface area contributed by atoms with Gasteiger partial charge in [0.1, 0.15) is 5.69 Å². The van der Waals surface area contributed by atoms with Crippen LogP contribution in [0, 0.1) is 0 Å². The fourth-order valence-electron chi connectivity index (χ4n) is 2.25. The molecule has 1 aliphatic heterocycles. The Morgan fingerprint density at radius 3 is 3.06 bits per heavy atom. The van der Waals surface area contributed by atoms with Crippen molar-refractivity contribution in [2.75, 3.05) is 6.54 Å². The Hall–Kier alpha value is -1.68. The van der Waals surface area contributed by atoms with Crippen molar-refractivity contribution in [3.05, 3.63) is 36.7 Å². The quantitative estimate of drug-likeness (QED) is 0.869. The summed E-state index contributed by atoms with van der Waals surface area (Å²) in [5.41, 5.74) is 1.88. The van der Waals surface area contributed by atoms with Gasteiger partial charge in [-0.25, -0.2) is 0 Å². The van der Waals surface area contributed by atoms with Crippen LogP contribution in [-0.4, -0.2) is 27.4 Å². The number of nitrogens with zero attached hydrogens (tertiary/aromatic N) is 3. The Morgan fingerprint density at radius 2 is 2.29 bits per heavy atom. The van der Waals surface area contributed by atoms with E-state index in [9.17, 15) is 0 Å². The molecular formula is C13H16N4. The van der Waals surface area contributed by atoms with Crippen molar-refractivity contribution in [1.29, 1.82) is 0 Å². The van der Waals surface area contributed by atoms with Crippen LogP contribution in [0.1, 0.15) is 12.8 Å². The fraction of sp³-hybridized carbons (Fsp3) is 0.385. The minimum absolute atomic E-state index is 0.575. The second kappa shape index (κ2) is 4.67. The normalized spacial score (nSPS) is 19.6. The van der Waals surface area contributed by atoms with Crippen LogP contribution in [0.2, 0.25) is 0 Å². The van der Waals surface area contributed by atoms with Crippen LogP contribution in [0.5, 0.6) is 0 Å². The SMILES string of the molecule is c1ccc(-c2ccn(CC3CCCN3)n2)nc1. The highest BCUT2D eigenvalue weighted by molar-refractivity contribution is 5.52. The Bertz CT molecular complexity index is 471. The summed E-state index contributed by atoms with van der Waals surface area (Å²) in [5.74, 6) is 0. The van der Waals surface area contributed by atoms with E-state index < -0.39 is 0 Å². The molecule has 1 fully saturated rings. The Morgan fingerprint density at radius 1 is 1.29 bits per heavy atom. The zero-order chi connectivity index (χ0) is 11.5. The summed E-state index contributed by atoms with van der Waals surface area (Å²) >= 11 is 0. The van der Waals surface area contributed by atoms with Crippen molar-refractivity contribution in [3.8, 4) is 11.4 Å². The molecule has 1 N–H and O–H groups in total. The van der Waals surface area contributed by atoms with Gasteiger partial charge in [-0.3, -0.25) is 9.67 Å². The molecule has 0 bridgehead atoms. The minimum atomic E-state index is 0.575. The average molecular weight is 228 g/mol. The summed E-state index contributed by atoms with van der Waals surface area (Å²) in [6.07, 6.45) is 6.36. The van der Waals surface area contributed by atoms with Crippen LogP contribution >= 0.6 is 0 Å². The lowest BCUT2D eigenvalue weighted by atomic mass is 10.2. The number of rotatable bonds is 3. The van der Waals surface area contributed by atoms with Crippen LogP contribution in [0.4, 0.5) is 0 Å². The first-order valence-corrected chi connectivity index (χ1v) is 6.10. The first-order chi connectivity index (χ1) is 8.42. The van der Waals surface area contributed by atoms with Crippen LogP contribution < -0.4 is 5.32 Å². The van der Waals surface area contributed by atoms with Gasteiger partial charge in [0.25, 0.3) is 0 Å². The summed E-state index contributed by atoms with van der Waals surface area (Å²) in [5, 5.41) is 8.04. The lowest BCUT2D eigenvalue weighted by molar-refractivity contribution is 0.477. The number of hydrogen-bond acceptors (Lipinski definition) is 3. The molecule has 1 unspecified atom stereocenters. The van der Waals surface area contributed by atoms with Gasteiger partial charge >= 0.3 is 0 Å². The molecule has 1 atom stereocenters. The molecule has 4 nitrogen and oxygen atoms in total. The van der Waals surface area contributed by atoms with Crippen molar-refractivity contribution in [2.45, 2.75) is 25.4 Å². The molecular weight excluding hydrogens is 212 g/mol. The molecule has 88 valence electrons. The minimum Gasteiger partial charge on any atom is -0.312 e. The highest BCUT2D eigenvalue weighted by atomic mass is 15.3. The predicted octanol–water partition coefficient (Wildman–Crippen LogP) is 1.70. The summed E-state index contributed by atoms with van der Waals surface area (Å²) in [6.45, 7) is 2.09. The van der Waals surface area contributed by atoms with Crippen molar-refractivity contribution < 1.29 is 0 Å². The second-order valence-corrected chi connectivity index (χ2v) is 4.43. The molecule has 0 radical (unpaired) electrons. The summed E-state index contributed by atoms with van der Waals surface area (Å²) in [4.78, 5) is 4.30. The lowest BCUT2D eigenvalue weighted by Gasteiger charge is -2.09. The van der Waals surface area contributed by atoms with Crippen LogP contribution in [0.25, 0.3) is 11.4 Å². The maximum atomic E-state index is 4.56. The zero-order valence-electron chi connectivity index (χ0n) is 9.71. The molecule has 1 saturated heterocycles. The fourth-order valence-corrected chi connectivity index (χ4v) is 2.25. The van der Waals surface area contributed by atoms with Crippen LogP contribution in [-0.2, 0) is 6.54 Å². The van der Waals surface area contributed by atoms with Gasteiger partial charge in [-0.1, -0.05) is 6.07 Å². The van der Waals surface area contributed by atoms with Crippen molar-refractivity contribution >= 4 is 0 Å². The monoisotopic (exact) mass is 228 g/mol. The summed E-state index contributed by atoms with van der Waals surface area (Å²) in [7, 11) is 0. The molecule has 4 heteroatoms. The maximum Gasteiger partial charge on any atom is 0.111 e. The topological polar surface area (TPSA) is 42.7 Å². The van der Waals surface area contributed by atoms with Gasteiger partial charge in [0.2, 0.25) is 0 Å². The molecule has 0 aliphatic carbocycles. The summed E-state index contributed by atoms with van der Waals surface area (Å²) < 4.78 is 2.01. The standard InChI is InChI=1S/C13H16N4/c1-2-7-15-12(5-1)13-6-9-17(16-13)10-11-4-3-8-14-11/h1-2,5-7,9,11,14H,3-4,8,10H2. The van der Waals surface area contributed by atoms with E-state index in [0.29, 0.717) is 6.04 Å². The molecule has 17 heavy (non-hydrogen) atoms. The average Bonchev–Trinajstić information content (AvgIpc) is 3.02. The van der Waals surface area contributed by atoms with Gasteiger partial charge in [0.15, 0.2) is 0 Å². The van der Waals surface area contributed by atoms with E-state index >= 15 is 0 Å². The third kappa shape index (κ3) is 2.36. The van der Waals surface area contributed by atoms with Gasteiger partial charge in [0.05, 0.1) is 12.2 Å². The van der Waals surface area contributed by atoms with E-state index in [1.807, 2.05) is 35.1 Å². The molecule has 2 aromatic rings. The maximum absolute atomic E-state index is 4.56. The molecule has 0 amide bonds. The van der Waals surface area contributed by atoms with E-state index in [4.69, 9.17) is 0 Å². The number of aromatic nitrogens is 3. The van der Waals surface area contributed by atoms with Gasteiger partial charge in [0, 0.05) is 18.4 Å². The lowest BCUT2D eigenvalue weighted by Crippen LogP contribution is -2.26. The molecule has 2 aromatic heterocycles. The Balaban J connectivity index is 1.74. The molecule has 3 heterocycles. The number of hydrogen-bond donors (Lipinski definition) is 1. The molecule has 0 spiro atoms. The van der Waals surface area contributed by atoms with E-state index in [0.717, 1.165) is 24.5 Å². The summed E-state index contributed by atoms with van der Waals surface area (Å²) in [6, 6.07) is 8.49. The second-order valence-electron chi connectivity index (χ2n) is 4.43. The van der Waals surface area contributed by atoms with Crippen molar-refractivity contribution in [3.63, 3.8) is 0 Å². The van der Waals surface area contributed by atoms with Gasteiger partial charge in [-0.2, -0.15) is 5.10 Å². The highest BCUT2D eigenvalue weighted by Crippen LogP contribution is 2.14. The Kier molecular flexibility index (Phi) is 2.88. The largest absolute Gasteiger partial charge is 0.312 e. The smallest absolute Gasteiger partial charge is 0.111 e. The third-order valence-corrected chi connectivity index (χ3v) is 3.14. The van der Waals surface area contributed by atoms with E-state index in [2.05, 4.69) is 15.4 Å². The van der Waals surface area contributed by atoms with Crippen molar-refractivity contribution in [2.24, 2.45) is 0 Å². The number of pyridine rings is 1. The van der Waals surface area contributed by atoms with Crippen molar-refractivity contribution in [1.82, 2.24) is 20.1 Å². The third-order valence-electron chi connectivity index (χ3n) is 3.14.